The molecule has 0 saturated heterocycles. The molecule has 98 valence electrons. The summed E-state index contributed by atoms with van der Waals surface area (Å²) in [6.45, 7) is 4.33. The van der Waals surface area contributed by atoms with Crippen LogP contribution in [0.3, 0.4) is 0 Å². The fraction of sp³-hybridized carbons (Fsp3) is 0.688. The first kappa shape index (κ1) is 12.0. The Hall–Kier alpha value is -1.05. The molecule has 2 atom stereocenters. The van der Waals surface area contributed by atoms with Gasteiger partial charge in [-0.1, -0.05) is 26.0 Å². The highest BCUT2D eigenvalue weighted by Crippen LogP contribution is 2.47. The van der Waals surface area contributed by atoms with Crippen LogP contribution in [0.2, 0.25) is 0 Å². The molecule has 2 nitrogen and oxygen atoms in total. The number of carbonyl (C=O) groups excluding carboxylic acids is 1. The molecule has 0 bridgehead atoms. The maximum Gasteiger partial charge on any atom is 0.163 e. The quantitative estimate of drug-likeness (QED) is 0.608. The summed E-state index contributed by atoms with van der Waals surface area (Å²) >= 11 is 0. The second kappa shape index (κ2) is 4.25. The zero-order chi connectivity index (χ0) is 12.8. The molecule has 2 heteroatoms. The topological polar surface area (TPSA) is 26.3 Å². The van der Waals surface area contributed by atoms with Crippen LogP contribution < -0.4 is 0 Å². The molecule has 0 saturated carbocycles. The summed E-state index contributed by atoms with van der Waals surface area (Å²) < 4.78 is 6.14. The van der Waals surface area contributed by atoms with Gasteiger partial charge in [0.25, 0.3) is 0 Å². The number of hydrogen-bond donors (Lipinski definition) is 0. The average Bonchev–Trinajstić information content (AvgIpc) is 2.53. The summed E-state index contributed by atoms with van der Waals surface area (Å²) in [7, 11) is 0. The van der Waals surface area contributed by atoms with Gasteiger partial charge in [-0.3, -0.25) is 4.79 Å². The average molecular weight is 246 g/mol. The molecule has 0 aromatic rings. The maximum absolute atomic E-state index is 12.4. The minimum absolute atomic E-state index is 0.0772. The number of ether oxygens (including phenoxy) is 1. The molecule has 18 heavy (non-hydrogen) atoms. The molecular weight excluding hydrogens is 224 g/mol. The third kappa shape index (κ3) is 2.02. The van der Waals surface area contributed by atoms with E-state index in [1.165, 1.54) is 0 Å². The van der Waals surface area contributed by atoms with E-state index >= 15 is 0 Å². The van der Waals surface area contributed by atoms with Crippen molar-refractivity contribution in [3.8, 4) is 0 Å². The van der Waals surface area contributed by atoms with Crippen molar-refractivity contribution < 1.29 is 9.53 Å². The first-order valence-corrected chi connectivity index (χ1v) is 7.15. The number of hydrogen-bond acceptors (Lipinski definition) is 2. The van der Waals surface area contributed by atoms with Crippen LogP contribution in [-0.2, 0) is 9.53 Å². The van der Waals surface area contributed by atoms with Crippen LogP contribution in [-0.4, -0.2) is 11.9 Å². The van der Waals surface area contributed by atoms with Crippen molar-refractivity contribution in [3.05, 3.63) is 23.5 Å². The summed E-state index contributed by atoms with van der Waals surface area (Å²) in [6.07, 6.45) is 10.7. The lowest BCUT2D eigenvalue weighted by atomic mass is 9.73. The fourth-order valence-corrected chi connectivity index (χ4v) is 3.61. The Bertz CT molecular complexity index is 428. The predicted molar refractivity (Wildman–Crippen MR) is 71.0 cm³/mol. The second-order valence-electron chi connectivity index (χ2n) is 6.67. The van der Waals surface area contributed by atoms with Crippen LogP contribution in [0.25, 0.3) is 0 Å². The molecule has 1 aliphatic heterocycles. The Morgan fingerprint density at radius 2 is 1.89 bits per heavy atom. The fourth-order valence-electron chi connectivity index (χ4n) is 3.61. The molecule has 3 rings (SSSR count). The van der Waals surface area contributed by atoms with E-state index in [2.05, 4.69) is 26.0 Å². The second-order valence-corrected chi connectivity index (χ2v) is 6.67. The number of carbonyl (C=O) groups is 1. The molecule has 3 aliphatic rings. The number of allylic oxidation sites excluding steroid dienone is 3. The number of fused-ring (bicyclic) bond motifs is 2. The first-order chi connectivity index (χ1) is 8.57. The monoisotopic (exact) mass is 246 g/mol. The third-order valence-corrected chi connectivity index (χ3v) is 4.42. The predicted octanol–water partition coefficient (Wildman–Crippen LogP) is 3.77. The van der Waals surface area contributed by atoms with Gasteiger partial charge < -0.3 is 4.74 Å². The SMILES string of the molecule is CC1(C)CC(=O)C2=C(C1)OC1CC/C=C\CCC21. The molecule has 2 unspecified atom stereocenters. The van der Waals surface area contributed by atoms with Crippen molar-refractivity contribution in [3.63, 3.8) is 0 Å². The van der Waals surface area contributed by atoms with Gasteiger partial charge in [0.2, 0.25) is 0 Å². The Kier molecular flexibility index (Phi) is 2.84. The van der Waals surface area contributed by atoms with E-state index in [1.807, 2.05) is 0 Å². The van der Waals surface area contributed by atoms with Gasteiger partial charge in [0.1, 0.15) is 11.9 Å². The van der Waals surface area contributed by atoms with Gasteiger partial charge in [-0.25, -0.2) is 0 Å². The Labute approximate surface area is 109 Å². The van der Waals surface area contributed by atoms with E-state index in [4.69, 9.17) is 4.74 Å². The Balaban J connectivity index is 1.89. The van der Waals surface area contributed by atoms with Crippen LogP contribution in [0.1, 0.15) is 52.4 Å². The van der Waals surface area contributed by atoms with Gasteiger partial charge in [0.05, 0.1) is 0 Å². The number of rotatable bonds is 0. The Morgan fingerprint density at radius 3 is 2.67 bits per heavy atom. The van der Waals surface area contributed by atoms with E-state index < -0.39 is 0 Å². The molecule has 1 heterocycles. The minimum atomic E-state index is 0.0772. The molecule has 0 fully saturated rings. The molecule has 0 spiro atoms. The third-order valence-electron chi connectivity index (χ3n) is 4.42. The van der Waals surface area contributed by atoms with E-state index in [1.54, 1.807) is 0 Å². The standard InChI is InChI=1S/C16H22O2/c1-16(2)9-12(17)15-11-7-5-3-4-6-8-13(11)18-14(15)10-16/h3-4,11,13H,5-10H2,1-2H3/b4-3-. The van der Waals surface area contributed by atoms with Gasteiger partial charge >= 0.3 is 0 Å². The van der Waals surface area contributed by atoms with Gasteiger partial charge in [-0.2, -0.15) is 0 Å². The van der Waals surface area contributed by atoms with Crippen molar-refractivity contribution in [2.75, 3.05) is 0 Å². The largest absolute Gasteiger partial charge is 0.494 e. The normalized spacial score (nSPS) is 36.2. The molecule has 0 aromatic heterocycles. The van der Waals surface area contributed by atoms with Crippen LogP contribution in [0.4, 0.5) is 0 Å². The first-order valence-electron chi connectivity index (χ1n) is 7.15. The lowest BCUT2D eigenvalue weighted by Gasteiger charge is -2.29. The van der Waals surface area contributed by atoms with Crippen molar-refractivity contribution >= 4 is 5.78 Å². The zero-order valence-corrected chi connectivity index (χ0v) is 11.4. The van der Waals surface area contributed by atoms with Crippen molar-refractivity contribution in [2.45, 2.75) is 58.5 Å². The van der Waals surface area contributed by atoms with Gasteiger partial charge in [-0.15, -0.1) is 0 Å². The number of ketones is 1. The van der Waals surface area contributed by atoms with E-state index in [0.29, 0.717) is 18.1 Å². The van der Waals surface area contributed by atoms with Crippen LogP contribution in [0.5, 0.6) is 0 Å². The van der Waals surface area contributed by atoms with Crippen molar-refractivity contribution in [1.29, 1.82) is 0 Å². The summed E-state index contributed by atoms with van der Waals surface area (Å²) in [6, 6.07) is 0. The highest BCUT2D eigenvalue weighted by Gasteiger charge is 2.44. The lowest BCUT2D eigenvalue weighted by Crippen LogP contribution is -2.27. The molecule has 0 N–H and O–H groups in total. The van der Waals surface area contributed by atoms with E-state index in [9.17, 15) is 4.79 Å². The summed E-state index contributed by atoms with van der Waals surface area (Å²) in [5.41, 5.74) is 1.13. The highest BCUT2D eigenvalue weighted by atomic mass is 16.5. The summed E-state index contributed by atoms with van der Waals surface area (Å²) in [5.74, 6) is 1.74. The van der Waals surface area contributed by atoms with Gasteiger partial charge in [-0.05, 0) is 31.1 Å². The van der Waals surface area contributed by atoms with Crippen molar-refractivity contribution in [1.82, 2.24) is 0 Å². The Morgan fingerprint density at radius 1 is 1.17 bits per heavy atom. The van der Waals surface area contributed by atoms with Crippen molar-refractivity contribution in [2.24, 2.45) is 11.3 Å². The zero-order valence-electron chi connectivity index (χ0n) is 11.4. The molecule has 0 amide bonds. The minimum Gasteiger partial charge on any atom is -0.494 e. The van der Waals surface area contributed by atoms with Gasteiger partial charge in [0.15, 0.2) is 5.78 Å². The van der Waals surface area contributed by atoms with Crippen LogP contribution in [0.15, 0.2) is 23.5 Å². The van der Waals surface area contributed by atoms with Gasteiger partial charge in [0, 0.05) is 24.3 Å². The molecule has 2 aliphatic carbocycles. The number of Topliss-reactive ketones (excluding diaryl/α,β-unsaturated/α-hetero) is 1. The van der Waals surface area contributed by atoms with Crippen LogP contribution >= 0.6 is 0 Å². The van der Waals surface area contributed by atoms with E-state index in [-0.39, 0.29) is 11.5 Å². The smallest absolute Gasteiger partial charge is 0.163 e. The molecular formula is C16H22O2. The molecule has 0 radical (unpaired) electrons. The molecule has 0 aromatic carbocycles. The van der Waals surface area contributed by atoms with E-state index in [0.717, 1.165) is 43.4 Å². The summed E-state index contributed by atoms with van der Waals surface area (Å²) in [4.78, 5) is 12.4. The van der Waals surface area contributed by atoms with Crippen LogP contribution in [0, 0.1) is 11.3 Å². The highest BCUT2D eigenvalue weighted by molar-refractivity contribution is 5.98. The lowest BCUT2D eigenvalue weighted by molar-refractivity contribution is -0.118. The summed E-state index contributed by atoms with van der Waals surface area (Å²) in [5, 5.41) is 0. The maximum atomic E-state index is 12.4.